The highest BCUT2D eigenvalue weighted by molar-refractivity contribution is 6.30. The molecule has 5 heteroatoms. The van der Waals surface area contributed by atoms with Crippen molar-refractivity contribution >= 4 is 17.5 Å². The third-order valence-corrected chi connectivity index (χ3v) is 5.19. The van der Waals surface area contributed by atoms with Gasteiger partial charge in [0.15, 0.2) is 0 Å². The highest BCUT2D eigenvalue weighted by atomic mass is 35.5. The molecule has 1 amide bonds. The largest absolute Gasteiger partial charge is 0.497 e. The number of carbonyl (C=O) groups excluding carboxylic acids is 1. The normalized spacial score (nSPS) is 17.5. The average Bonchev–Trinajstić information content (AvgIpc) is 2.93. The van der Waals surface area contributed by atoms with Gasteiger partial charge in [-0.3, -0.25) is 4.79 Å². The van der Waals surface area contributed by atoms with Crippen LogP contribution in [0, 0.1) is 0 Å². The summed E-state index contributed by atoms with van der Waals surface area (Å²) in [6, 6.07) is 13.3. The average molecular weight is 374 g/mol. The summed E-state index contributed by atoms with van der Waals surface area (Å²) in [6.45, 7) is 1.47. The molecule has 0 spiro atoms. The van der Waals surface area contributed by atoms with E-state index in [1.54, 1.807) is 32.4 Å². The van der Waals surface area contributed by atoms with Gasteiger partial charge in [0.2, 0.25) is 0 Å². The van der Waals surface area contributed by atoms with Gasteiger partial charge in [0, 0.05) is 30.1 Å². The van der Waals surface area contributed by atoms with Crippen molar-refractivity contribution in [3.05, 3.63) is 58.6 Å². The van der Waals surface area contributed by atoms with Crippen molar-refractivity contribution in [3.8, 4) is 11.5 Å². The van der Waals surface area contributed by atoms with E-state index in [1.165, 1.54) is 5.56 Å². The molecule has 3 rings (SSSR count). The Morgan fingerprint density at radius 3 is 2.54 bits per heavy atom. The Bertz CT molecular complexity index is 760. The monoisotopic (exact) mass is 373 g/mol. The molecule has 1 heterocycles. The zero-order valence-corrected chi connectivity index (χ0v) is 16.0. The third kappa shape index (κ3) is 4.13. The maximum absolute atomic E-state index is 13.1. The molecule has 0 unspecified atom stereocenters. The number of nitrogens with zero attached hydrogens (tertiary/aromatic N) is 1. The van der Waals surface area contributed by atoms with E-state index in [0.29, 0.717) is 29.5 Å². The minimum atomic E-state index is 0.00497. The summed E-state index contributed by atoms with van der Waals surface area (Å²) in [5.41, 5.74) is 1.81. The van der Waals surface area contributed by atoms with Crippen LogP contribution in [0.25, 0.3) is 0 Å². The Kier molecular flexibility index (Phi) is 6.04. The van der Waals surface area contributed by atoms with Crippen molar-refractivity contribution in [2.45, 2.75) is 25.2 Å². The fraction of sp³-hybridized carbons (Fsp3) is 0.381. The molecule has 4 nitrogen and oxygen atoms in total. The summed E-state index contributed by atoms with van der Waals surface area (Å²) >= 11 is 6.01. The Morgan fingerprint density at radius 2 is 1.85 bits per heavy atom. The molecule has 0 N–H and O–H groups in total. The number of likely N-dealkylation sites (tertiary alicyclic amines) is 1. The second-order valence-electron chi connectivity index (χ2n) is 6.56. The van der Waals surface area contributed by atoms with Gasteiger partial charge in [-0.25, -0.2) is 0 Å². The first-order valence-corrected chi connectivity index (χ1v) is 9.27. The molecule has 138 valence electrons. The van der Waals surface area contributed by atoms with Crippen molar-refractivity contribution in [1.29, 1.82) is 0 Å². The van der Waals surface area contributed by atoms with Gasteiger partial charge in [0.05, 0.1) is 19.8 Å². The van der Waals surface area contributed by atoms with E-state index < -0.39 is 0 Å². The molecule has 26 heavy (non-hydrogen) atoms. The van der Waals surface area contributed by atoms with Gasteiger partial charge >= 0.3 is 0 Å². The summed E-state index contributed by atoms with van der Waals surface area (Å²) < 4.78 is 10.6. The molecule has 1 saturated heterocycles. The van der Waals surface area contributed by atoms with E-state index >= 15 is 0 Å². The van der Waals surface area contributed by atoms with Gasteiger partial charge in [0.1, 0.15) is 11.5 Å². The van der Waals surface area contributed by atoms with Gasteiger partial charge in [-0.2, -0.15) is 0 Å². The van der Waals surface area contributed by atoms with E-state index in [2.05, 4.69) is 12.1 Å². The number of rotatable bonds is 4. The summed E-state index contributed by atoms with van der Waals surface area (Å²) in [7, 11) is 3.17. The van der Waals surface area contributed by atoms with Crippen molar-refractivity contribution in [2.24, 2.45) is 0 Å². The predicted octanol–water partition coefficient (Wildman–Crippen LogP) is 4.77. The topological polar surface area (TPSA) is 38.8 Å². The van der Waals surface area contributed by atoms with E-state index in [1.807, 2.05) is 17.0 Å². The Morgan fingerprint density at radius 1 is 1.08 bits per heavy atom. The molecular formula is C21H24ClNO3. The van der Waals surface area contributed by atoms with Crippen LogP contribution in [0.15, 0.2) is 42.5 Å². The van der Waals surface area contributed by atoms with Crippen LogP contribution in [-0.2, 0) is 0 Å². The Balaban J connectivity index is 1.83. The minimum Gasteiger partial charge on any atom is -0.497 e. The van der Waals surface area contributed by atoms with Crippen LogP contribution in [0.4, 0.5) is 0 Å². The van der Waals surface area contributed by atoms with Crippen molar-refractivity contribution in [1.82, 2.24) is 4.90 Å². The van der Waals surface area contributed by atoms with Gasteiger partial charge in [-0.05, 0) is 42.7 Å². The van der Waals surface area contributed by atoms with Crippen molar-refractivity contribution in [2.75, 3.05) is 27.3 Å². The van der Waals surface area contributed by atoms with Gasteiger partial charge in [-0.1, -0.05) is 30.2 Å². The molecule has 2 aromatic rings. The smallest absolute Gasteiger partial charge is 0.257 e. The molecule has 1 atom stereocenters. The van der Waals surface area contributed by atoms with Crippen LogP contribution in [0.1, 0.15) is 41.1 Å². The van der Waals surface area contributed by atoms with Gasteiger partial charge in [0.25, 0.3) is 5.91 Å². The second kappa shape index (κ2) is 8.45. The first-order valence-electron chi connectivity index (χ1n) is 8.89. The molecule has 1 aliphatic heterocycles. The lowest BCUT2D eigenvalue weighted by Gasteiger charge is -2.25. The molecule has 0 bridgehead atoms. The highest BCUT2D eigenvalue weighted by Gasteiger charge is 2.26. The lowest BCUT2D eigenvalue weighted by molar-refractivity contribution is 0.0751. The lowest BCUT2D eigenvalue weighted by Crippen LogP contribution is -2.34. The molecule has 0 aromatic heterocycles. The summed E-state index contributed by atoms with van der Waals surface area (Å²) in [5, 5.41) is 0.735. The number of amides is 1. The number of methoxy groups -OCH3 is 2. The van der Waals surface area contributed by atoms with Crippen LogP contribution >= 0.6 is 11.6 Å². The second-order valence-corrected chi connectivity index (χ2v) is 7.00. The fourth-order valence-corrected chi connectivity index (χ4v) is 3.61. The highest BCUT2D eigenvalue weighted by Crippen LogP contribution is 2.30. The number of carbonyl (C=O) groups is 1. The lowest BCUT2D eigenvalue weighted by atomic mass is 9.94. The van der Waals surface area contributed by atoms with E-state index in [9.17, 15) is 4.79 Å². The Hall–Kier alpha value is -2.20. The SMILES string of the molecule is COc1ccc(C(=O)N2CCCC[C@H](c3ccc(Cl)cc3)C2)c(OC)c1. The number of hydrogen-bond acceptors (Lipinski definition) is 3. The number of hydrogen-bond donors (Lipinski definition) is 0. The molecule has 2 aromatic carbocycles. The molecule has 1 aliphatic rings. The number of halogens is 1. The van der Waals surface area contributed by atoms with E-state index in [4.69, 9.17) is 21.1 Å². The summed E-state index contributed by atoms with van der Waals surface area (Å²) in [5.74, 6) is 1.54. The third-order valence-electron chi connectivity index (χ3n) is 4.94. The predicted molar refractivity (Wildman–Crippen MR) is 103 cm³/mol. The molecular weight excluding hydrogens is 350 g/mol. The van der Waals surface area contributed by atoms with Crippen LogP contribution in [0.2, 0.25) is 5.02 Å². The van der Waals surface area contributed by atoms with E-state index in [-0.39, 0.29) is 5.91 Å². The molecule has 0 aliphatic carbocycles. The van der Waals surface area contributed by atoms with Crippen LogP contribution < -0.4 is 9.47 Å². The standard InChI is InChI=1S/C21H24ClNO3/c1-25-18-10-11-19(20(13-18)26-2)21(24)23-12-4-3-5-16(14-23)15-6-8-17(22)9-7-15/h6-11,13,16H,3-5,12,14H2,1-2H3/t16-/m0/s1. The van der Waals surface area contributed by atoms with Gasteiger partial charge < -0.3 is 14.4 Å². The number of ether oxygens (including phenoxy) is 2. The minimum absolute atomic E-state index is 0.00497. The molecule has 1 fully saturated rings. The Labute approximate surface area is 159 Å². The quantitative estimate of drug-likeness (QED) is 0.775. The molecule has 0 radical (unpaired) electrons. The zero-order chi connectivity index (χ0) is 18.5. The van der Waals surface area contributed by atoms with Crippen molar-refractivity contribution < 1.29 is 14.3 Å². The van der Waals surface area contributed by atoms with Crippen LogP contribution in [-0.4, -0.2) is 38.1 Å². The maximum Gasteiger partial charge on any atom is 0.257 e. The van der Waals surface area contributed by atoms with Crippen LogP contribution in [0.3, 0.4) is 0 Å². The van der Waals surface area contributed by atoms with Gasteiger partial charge in [-0.15, -0.1) is 0 Å². The first-order chi connectivity index (χ1) is 12.6. The number of benzene rings is 2. The zero-order valence-electron chi connectivity index (χ0n) is 15.2. The molecule has 0 saturated carbocycles. The van der Waals surface area contributed by atoms with Crippen molar-refractivity contribution in [3.63, 3.8) is 0 Å². The van der Waals surface area contributed by atoms with Crippen LogP contribution in [0.5, 0.6) is 11.5 Å². The first kappa shape index (κ1) is 18.6. The summed E-state index contributed by atoms with van der Waals surface area (Å²) in [4.78, 5) is 15.1. The fourth-order valence-electron chi connectivity index (χ4n) is 3.48. The summed E-state index contributed by atoms with van der Waals surface area (Å²) in [6.07, 6.45) is 3.19. The maximum atomic E-state index is 13.1. The van der Waals surface area contributed by atoms with E-state index in [0.717, 1.165) is 30.8 Å².